The third-order valence-electron chi connectivity index (χ3n) is 5.18. The van der Waals surface area contributed by atoms with E-state index in [2.05, 4.69) is 10.2 Å². The van der Waals surface area contributed by atoms with E-state index >= 15 is 0 Å². The van der Waals surface area contributed by atoms with E-state index in [0.29, 0.717) is 13.2 Å². The number of carbonyl (C=O) groups is 2. The monoisotopic (exact) mass is 332 g/mol. The number of hydrogen-bond acceptors (Lipinski definition) is 4. The topological polar surface area (TPSA) is 58.6 Å². The second-order valence-corrected chi connectivity index (χ2v) is 6.50. The molecule has 1 saturated heterocycles. The Balaban J connectivity index is 2.00. The van der Waals surface area contributed by atoms with Crippen LogP contribution in [0.2, 0.25) is 0 Å². The van der Waals surface area contributed by atoms with Crippen LogP contribution in [0.3, 0.4) is 0 Å². The number of nitrogens with zero attached hydrogens (tertiary/aromatic N) is 1. The van der Waals surface area contributed by atoms with Gasteiger partial charge in [0.05, 0.1) is 18.1 Å². The van der Waals surface area contributed by atoms with Crippen LogP contribution < -0.4 is 5.32 Å². The number of hydrogen-bond donors (Lipinski definition) is 1. The fourth-order valence-electron chi connectivity index (χ4n) is 3.48. The number of nitrogens with one attached hydrogen (secondary N) is 1. The number of Topliss-reactive ketones (excluding diaryl/α,β-unsaturated/α-hetero) is 1. The van der Waals surface area contributed by atoms with Gasteiger partial charge >= 0.3 is 0 Å². The van der Waals surface area contributed by atoms with E-state index in [9.17, 15) is 9.59 Å². The van der Waals surface area contributed by atoms with Gasteiger partial charge in [-0.15, -0.1) is 0 Å². The van der Waals surface area contributed by atoms with E-state index in [4.69, 9.17) is 4.74 Å². The van der Waals surface area contributed by atoms with Crippen molar-refractivity contribution in [1.29, 1.82) is 0 Å². The quantitative estimate of drug-likeness (QED) is 0.773. The lowest BCUT2D eigenvalue weighted by molar-refractivity contribution is -0.128. The summed E-state index contributed by atoms with van der Waals surface area (Å²) in [5.41, 5.74) is 0.679. The minimum atomic E-state index is -0.413. The number of rotatable bonds is 7. The number of likely N-dealkylation sites (tertiary alicyclic amines) is 1. The lowest BCUT2D eigenvalue weighted by Crippen LogP contribution is -2.53. The third kappa shape index (κ3) is 4.02. The van der Waals surface area contributed by atoms with Crippen molar-refractivity contribution in [3.05, 3.63) is 35.9 Å². The summed E-state index contributed by atoms with van der Waals surface area (Å²) in [4.78, 5) is 26.8. The molecule has 0 aromatic heterocycles. The van der Waals surface area contributed by atoms with Crippen molar-refractivity contribution in [2.24, 2.45) is 0 Å². The highest BCUT2D eigenvalue weighted by Gasteiger charge is 2.41. The average Bonchev–Trinajstić information content (AvgIpc) is 2.62. The minimum Gasteiger partial charge on any atom is -0.383 e. The summed E-state index contributed by atoms with van der Waals surface area (Å²) in [6.07, 6.45) is 1.50. The largest absolute Gasteiger partial charge is 0.383 e. The number of ketones is 1. The Morgan fingerprint density at radius 2 is 1.88 bits per heavy atom. The van der Waals surface area contributed by atoms with Gasteiger partial charge in [0.25, 0.3) is 0 Å². The second kappa shape index (κ2) is 8.40. The Morgan fingerprint density at radius 1 is 1.25 bits per heavy atom. The molecule has 0 aliphatic carbocycles. The van der Waals surface area contributed by atoms with E-state index in [-0.39, 0.29) is 17.7 Å². The molecule has 24 heavy (non-hydrogen) atoms. The molecule has 1 N–H and O–H groups in total. The normalized spacial score (nSPS) is 18.8. The van der Waals surface area contributed by atoms with Gasteiger partial charge < -0.3 is 10.1 Å². The van der Waals surface area contributed by atoms with Crippen molar-refractivity contribution in [1.82, 2.24) is 10.2 Å². The summed E-state index contributed by atoms with van der Waals surface area (Å²) < 4.78 is 4.95. The number of methoxy groups -OCH3 is 1. The molecule has 1 aromatic carbocycles. The van der Waals surface area contributed by atoms with Crippen molar-refractivity contribution in [3.8, 4) is 0 Å². The van der Waals surface area contributed by atoms with Gasteiger partial charge in [-0.25, -0.2) is 0 Å². The first-order valence-corrected chi connectivity index (χ1v) is 8.58. The van der Waals surface area contributed by atoms with Crippen LogP contribution in [0.5, 0.6) is 0 Å². The molecule has 132 valence electrons. The Morgan fingerprint density at radius 3 is 2.42 bits per heavy atom. The molecule has 0 radical (unpaired) electrons. The Bertz CT molecular complexity index is 551. The van der Waals surface area contributed by atoms with Crippen molar-refractivity contribution in [2.75, 3.05) is 33.4 Å². The summed E-state index contributed by atoms with van der Waals surface area (Å²) in [5, 5.41) is 2.88. The second-order valence-electron chi connectivity index (χ2n) is 6.50. The molecule has 5 nitrogen and oxygen atoms in total. The van der Waals surface area contributed by atoms with Gasteiger partial charge in [-0.3, -0.25) is 14.5 Å². The number of benzene rings is 1. The Kier molecular flexibility index (Phi) is 6.52. The molecule has 1 aliphatic heterocycles. The molecule has 1 aromatic rings. The van der Waals surface area contributed by atoms with Gasteiger partial charge in [0, 0.05) is 26.7 Å². The average molecular weight is 332 g/mol. The summed E-state index contributed by atoms with van der Waals surface area (Å²) in [7, 11) is 1.62. The van der Waals surface area contributed by atoms with Crippen LogP contribution >= 0.6 is 0 Å². The lowest BCUT2D eigenvalue weighted by Gasteiger charge is -2.42. The fourth-order valence-corrected chi connectivity index (χ4v) is 3.48. The van der Waals surface area contributed by atoms with Gasteiger partial charge in [-0.2, -0.15) is 0 Å². The van der Waals surface area contributed by atoms with Crippen LogP contribution in [0.15, 0.2) is 30.3 Å². The maximum absolute atomic E-state index is 12.4. The maximum Gasteiger partial charge on any atom is 0.237 e. The SMILES string of the molecule is COCCNC(=O)[C@H](C)N1CCC(C(C)=O)(c2ccccc2)CC1. The molecule has 1 fully saturated rings. The van der Waals surface area contributed by atoms with Crippen LogP contribution in [0.1, 0.15) is 32.3 Å². The summed E-state index contributed by atoms with van der Waals surface area (Å²) in [6.45, 7) is 6.13. The molecule has 1 heterocycles. The number of ether oxygens (including phenoxy) is 1. The highest BCUT2D eigenvalue weighted by Crippen LogP contribution is 2.36. The van der Waals surface area contributed by atoms with Crippen molar-refractivity contribution in [2.45, 2.75) is 38.1 Å². The summed E-state index contributed by atoms with van der Waals surface area (Å²) in [6, 6.07) is 9.83. The van der Waals surface area contributed by atoms with Crippen molar-refractivity contribution >= 4 is 11.7 Å². The molecule has 1 amide bonds. The van der Waals surface area contributed by atoms with Gasteiger partial charge in [-0.05, 0) is 32.3 Å². The van der Waals surface area contributed by atoms with Crippen LogP contribution in [0.4, 0.5) is 0 Å². The molecule has 0 bridgehead atoms. The molecule has 0 unspecified atom stereocenters. The first-order chi connectivity index (χ1) is 11.5. The van der Waals surface area contributed by atoms with Crippen LogP contribution in [0, 0.1) is 0 Å². The van der Waals surface area contributed by atoms with Gasteiger partial charge in [0.2, 0.25) is 5.91 Å². The van der Waals surface area contributed by atoms with E-state index in [1.807, 2.05) is 37.3 Å². The first-order valence-electron chi connectivity index (χ1n) is 8.58. The zero-order chi connectivity index (χ0) is 17.6. The molecule has 1 aliphatic rings. The molecule has 0 saturated carbocycles. The standard InChI is InChI=1S/C19H28N2O3/c1-15(18(23)20-11-14-24-3)21-12-9-19(10-13-21,16(2)22)17-7-5-4-6-8-17/h4-8,15H,9-14H2,1-3H3,(H,20,23)/t15-/m0/s1. The van der Waals surface area contributed by atoms with Crippen LogP contribution in [-0.2, 0) is 19.7 Å². The molecule has 1 atom stereocenters. The van der Waals surface area contributed by atoms with E-state index in [1.165, 1.54) is 0 Å². The molecular weight excluding hydrogens is 304 g/mol. The number of amides is 1. The number of piperidine rings is 1. The summed E-state index contributed by atoms with van der Waals surface area (Å²) in [5.74, 6) is 0.229. The molecule has 0 spiro atoms. The fraction of sp³-hybridized carbons (Fsp3) is 0.579. The predicted molar refractivity (Wildman–Crippen MR) is 94.0 cm³/mol. The van der Waals surface area contributed by atoms with Gasteiger partial charge in [0.1, 0.15) is 5.78 Å². The van der Waals surface area contributed by atoms with Crippen LogP contribution in [-0.4, -0.2) is 56.0 Å². The minimum absolute atomic E-state index is 0.0158. The van der Waals surface area contributed by atoms with Gasteiger partial charge in [0.15, 0.2) is 0 Å². The Labute approximate surface area is 144 Å². The highest BCUT2D eigenvalue weighted by atomic mass is 16.5. The smallest absolute Gasteiger partial charge is 0.237 e. The summed E-state index contributed by atoms with van der Waals surface area (Å²) >= 11 is 0. The predicted octanol–water partition coefficient (Wildman–Crippen LogP) is 1.76. The van der Waals surface area contributed by atoms with Crippen LogP contribution in [0.25, 0.3) is 0 Å². The zero-order valence-corrected chi connectivity index (χ0v) is 14.9. The van der Waals surface area contributed by atoms with E-state index in [0.717, 1.165) is 31.5 Å². The highest BCUT2D eigenvalue weighted by molar-refractivity contribution is 5.88. The van der Waals surface area contributed by atoms with E-state index < -0.39 is 5.41 Å². The molecule has 5 heteroatoms. The number of carbonyl (C=O) groups excluding carboxylic acids is 2. The zero-order valence-electron chi connectivity index (χ0n) is 14.9. The lowest BCUT2D eigenvalue weighted by atomic mass is 9.70. The van der Waals surface area contributed by atoms with E-state index in [1.54, 1.807) is 14.0 Å². The van der Waals surface area contributed by atoms with Crippen molar-refractivity contribution < 1.29 is 14.3 Å². The maximum atomic E-state index is 12.4. The van der Waals surface area contributed by atoms with Gasteiger partial charge in [-0.1, -0.05) is 30.3 Å². The molecular formula is C19H28N2O3. The van der Waals surface area contributed by atoms with Crippen molar-refractivity contribution in [3.63, 3.8) is 0 Å². The molecule has 2 rings (SSSR count). The Hall–Kier alpha value is -1.72. The first kappa shape index (κ1) is 18.6. The third-order valence-corrected chi connectivity index (χ3v) is 5.18.